The van der Waals surface area contributed by atoms with Crippen molar-refractivity contribution in [2.75, 3.05) is 19.8 Å². The fourth-order valence-electron chi connectivity index (χ4n) is 1.01. The predicted molar refractivity (Wildman–Crippen MR) is 51.0 cm³/mol. The van der Waals surface area contributed by atoms with Gasteiger partial charge in [0.1, 0.15) is 11.7 Å². The fraction of sp³-hybridized carbons (Fsp3) is 0.900. The summed E-state index contributed by atoms with van der Waals surface area (Å²) >= 11 is 0. The standard InChI is InChI=1S/C10H18O4/c1-10(2,3)14-9(11)4-5-13-8-6-12-7-8/h8H,4-7H2,1-3H3. The molecule has 0 radical (unpaired) electrons. The van der Waals surface area contributed by atoms with E-state index in [0.29, 0.717) is 26.2 Å². The first-order valence-corrected chi connectivity index (χ1v) is 4.88. The van der Waals surface area contributed by atoms with E-state index in [0.717, 1.165) is 0 Å². The molecule has 0 unspecified atom stereocenters. The van der Waals surface area contributed by atoms with Gasteiger partial charge in [0.05, 0.1) is 26.2 Å². The number of rotatable bonds is 4. The van der Waals surface area contributed by atoms with E-state index in [4.69, 9.17) is 14.2 Å². The van der Waals surface area contributed by atoms with Gasteiger partial charge in [0, 0.05) is 0 Å². The van der Waals surface area contributed by atoms with Crippen LogP contribution in [0.3, 0.4) is 0 Å². The lowest BCUT2D eigenvalue weighted by Gasteiger charge is -2.26. The lowest BCUT2D eigenvalue weighted by Crippen LogP contribution is -2.36. The minimum atomic E-state index is -0.406. The molecule has 1 saturated heterocycles. The maximum Gasteiger partial charge on any atom is 0.308 e. The number of ether oxygens (including phenoxy) is 3. The number of hydrogen-bond acceptors (Lipinski definition) is 4. The van der Waals surface area contributed by atoms with Gasteiger partial charge in [-0.25, -0.2) is 0 Å². The van der Waals surface area contributed by atoms with Gasteiger partial charge >= 0.3 is 5.97 Å². The van der Waals surface area contributed by atoms with Crippen molar-refractivity contribution in [3.8, 4) is 0 Å². The lowest BCUT2D eigenvalue weighted by atomic mass is 10.2. The quantitative estimate of drug-likeness (QED) is 0.641. The van der Waals surface area contributed by atoms with E-state index in [1.165, 1.54) is 0 Å². The Hall–Kier alpha value is -0.610. The molecular formula is C10H18O4. The molecule has 0 aromatic heterocycles. The first kappa shape index (κ1) is 11.5. The lowest BCUT2D eigenvalue weighted by molar-refractivity contribution is -0.161. The third-order valence-electron chi connectivity index (χ3n) is 1.69. The van der Waals surface area contributed by atoms with Crippen LogP contribution < -0.4 is 0 Å². The Morgan fingerprint density at radius 1 is 1.43 bits per heavy atom. The van der Waals surface area contributed by atoms with Crippen LogP contribution in [-0.4, -0.2) is 37.5 Å². The highest BCUT2D eigenvalue weighted by molar-refractivity contribution is 5.69. The van der Waals surface area contributed by atoms with Crippen LogP contribution in [0.1, 0.15) is 27.2 Å². The van der Waals surface area contributed by atoms with Gasteiger partial charge in [-0.3, -0.25) is 4.79 Å². The Morgan fingerprint density at radius 3 is 2.50 bits per heavy atom. The van der Waals surface area contributed by atoms with Crippen LogP contribution in [0.15, 0.2) is 0 Å². The third kappa shape index (κ3) is 4.58. The molecule has 1 aliphatic rings. The summed E-state index contributed by atoms with van der Waals surface area (Å²) in [6, 6.07) is 0. The molecule has 0 saturated carbocycles. The van der Waals surface area contributed by atoms with Crippen LogP contribution >= 0.6 is 0 Å². The van der Waals surface area contributed by atoms with Gasteiger partial charge in [0.25, 0.3) is 0 Å². The van der Waals surface area contributed by atoms with Gasteiger partial charge in [-0.2, -0.15) is 0 Å². The van der Waals surface area contributed by atoms with Crippen LogP contribution in [0.4, 0.5) is 0 Å². The molecule has 0 bridgehead atoms. The van der Waals surface area contributed by atoms with Crippen LogP contribution in [0, 0.1) is 0 Å². The first-order valence-electron chi connectivity index (χ1n) is 4.88. The topological polar surface area (TPSA) is 44.8 Å². The van der Waals surface area contributed by atoms with E-state index < -0.39 is 5.60 Å². The Morgan fingerprint density at radius 2 is 2.07 bits per heavy atom. The molecule has 0 amide bonds. The average Bonchev–Trinajstić information content (AvgIpc) is 1.90. The monoisotopic (exact) mass is 202 g/mol. The molecule has 1 fully saturated rings. The highest BCUT2D eigenvalue weighted by Gasteiger charge is 2.20. The Kier molecular flexibility index (Phi) is 3.89. The van der Waals surface area contributed by atoms with Gasteiger partial charge in [-0.1, -0.05) is 0 Å². The van der Waals surface area contributed by atoms with Crippen molar-refractivity contribution in [1.29, 1.82) is 0 Å². The van der Waals surface area contributed by atoms with Crippen molar-refractivity contribution in [3.05, 3.63) is 0 Å². The van der Waals surface area contributed by atoms with Gasteiger partial charge in [0.15, 0.2) is 0 Å². The van der Waals surface area contributed by atoms with Gasteiger partial charge in [-0.15, -0.1) is 0 Å². The van der Waals surface area contributed by atoms with Crippen molar-refractivity contribution in [2.24, 2.45) is 0 Å². The number of carbonyl (C=O) groups is 1. The smallest absolute Gasteiger partial charge is 0.308 e. The molecule has 0 aliphatic carbocycles. The largest absolute Gasteiger partial charge is 0.460 e. The molecule has 0 aromatic carbocycles. The summed E-state index contributed by atoms with van der Waals surface area (Å²) in [7, 11) is 0. The summed E-state index contributed by atoms with van der Waals surface area (Å²) < 4.78 is 15.4. The van der Waals surface area contributed by atoms with E-state index >= 15 is 0 Å². The number of carbonyl (C=O) groups excluding carboxylic acids is 1. The van der Waals surface area contributed by atoms with Crippen molar-refractivity contribution < 1.29 is 19.0 Å². The Labute approximate surface area is 84.5 Å². The summed E-state index contributed by atoms with van der Waals surface area (Å²) in [6.45, 7) is 7.27. The van der Waals surface area contributed by atoms with Crippen molar-refractivity contribution in [2.45, 2.75) is 38.9 Å². The van der Waals surface area contributed by atoms with Gasteiger partial charge in [-0.05, 0) is 20.8 Å². The van der Waals surface area contributed by atoms with E-state index in [9.17, 15) is 4.79 Å². The summed E-state index contributed by atoms with van der Waals surface area (Å²) in [5.74, 6) is -0.210. The van der Waals surface area contributed by atoms with E-state index in [-0.39, 0.29) is 12.1 Å². The molecule has 4 nitrogen and oxygen atoms in total. The normalized spacial score (nSPS) is 17.6. The molecule has 0 atom stereocenters. The van der Waals surface area contributed by atoms with E-state index in [1.54, 1.807) is 0 Å². The minimum Gasteiger partial charge on any atom is -0.460 e. The maximum absolute atomic E-state index is 11.2. The van der Waals surface area contributed by atoms with Crippen LogP contribution in [-0.2, 0) is 19.0 Å². The zero-order valence-electron chi connectivity index (χ0n) is 9.04. The van der Waals surface area contributed by atoms with Crippen molar-refractivity contribution in [3.63, 3.8) is 0 Å². The Balaban J connectivity index is 2.02. The highest BCUT2D eigenvalue weighted by atomic mass is 16.6. The van der Waals surface area contributed by atoms with Crippen molar-refractivity contribution >= 4 is 5.97 Å². The highest BCUT2D eigenvalue weighted by Crippen LogP contribution is 2.09. The van der Waals surface area contributed by atoms with Gasteiger partial charge in [0.2, 0.25) is 0 Å². The summed E-state index contributed by atoms with van der Waals surface area (Å²) in [6.07, 6.45) is 0.491. The fourth-order valence-corrected chi connectivity index (χ4v) is 1.01. The van der Waals surface area contributed by atoms with Crippen LogP contribution in [0.2, 0.25) is 0 Å². The second-order valence-corrected chi connectivity index (χ2v) is 4.37. The molecule has 14 heavy (non-hydrogen) atoms. The number of hydrogen-bond donors (Lipinski definition) is 0. The van der Waals surface area contributed by atoms with E-state index in [1.807, 2.05) is 20.8 Å². The minimum absolute atomic E-state index is 0.178. The molecule has 82 valence electrons. The van der Waals surface area contributed by atoms with E-state index in [2.05, 4.69) is 0 Å². The SMILES string of the molecule is CC(C)(C)OC(=O)CCOC1COC1. The zero-order valence-corrected chi connectivity index (χ0v) is 9.04. The molecule has 0 N–H and O–H groups in total. The summed E-state index contributed by atoms with van der Waals surface area (Å²) in [4.78, 5) is 11.2. The van der Waals surface area contributed by atoms with Gasteiger partial charge < -0.3 is 14.2 Å². The summed E-state index contributed by atoms with van der Waals surface area (Å²) in [5.41, 5.74) is -0.406. The number of esters is 1. The molecule has 4 heteroatoms. The second kappa shape index (κ2) is 4.75. The molecule has 1 heterocycles. The summed E-state index contributed by atoms with van der Waals surface area (Å²) in [5, 5.41) is 0. The molecule has 1 rings (SSSR count). The molecule has 1 aliphatic heterocycles. The average molecular weight is 202 g/mol. The van der Waals surface area contributed by atoms with Crippen molar-refractivity contribution in [1.82, 2.24) is 0 Å². The zero-order chi connectivity index (χ0) is 10.6. The van der Waals surface area contributed by atoms with Crippen LogP contribution in [0.25, 0.3) is 0 Å². The maximum atomic E-state index is 11.2. The molecular weight excluding hydrogens is 184 g/mol. The molecule has 0 aromatic rings. The molecule has 0 spiro atoms. The predicted octanol–water partition coefficient (Wildman–Crippen LogP) is 1.13. The third-order valence-corrected chi connectivity index (χ3v) is 1.69. The first-order chi connectivity index (χ1) is 6.47. The van der Waals surface area contributed by atoms with Crippen LogP contribution in [0.5, 0.6) is 0 Å². The second-order valence-electron chi connectivity index (χ2n) is 4.37. The Bertz CT molecular complexity index is 191.